The Morgan fingerprint density at radius 3 is 2.74 bits per heavy atom. The van der Waals surface area contributed by atoms with Gasteiger partial charge in [-0.1, -0.05) is 18.2 Å². The number of hydrogen-bond donors (Lipinski definition) is 1. The van der Waals surface area contributed by atoms with Crippen LogP contribution in [0.4, 0.5) is 19.0 Å². The maximum absolute atomic E-state index is 14.8. The largest absolute Gasteiger partial charge is 0.485 e. The summed E-state index contributed by atoms with van der Waals surface area (Å²) in [6.07, 6.45) is -1.88. The molecule has 7 nitrogen and oxygen atoms in total. The number of aryl methyl sites for hydroxylation is 1. The van der Waals surface area contributed by atoms with Crippen LogP contribution in [0.3, 0.4) is 0 Å². The molecule has 1 aromatic rings. The first-order valence-electron chi connectivity index (χ1n) is 11.4. The fourth-order valence-electron chi connectivity index (χ4n) is 4.68. The quantitative estimate of drug-likeness (QED) is 0.609. The van der Waals surface area contributed by atoms with Crippen molar-refractivity contribution in [2.75, 3.05) is 32.0 Å². The van der Waals surface area contributed by atoms with Crippen molar-refractivity contribution in [3.8, 4) is 17.1 Å². The molecule has 0 radical (unpaired) electrons. The van der Waals surface area contributed by atoms with Crippen molar-refractivity contribution in [3.05, 3.63) is 52.5 Å². The van der Waals surface area contributed by atoms with Crippen molar-refractivity contribution in [1.29, 1.82) is 0 Å². The van der Waals surface area contributed by atoms with Crippen molar-refractivity contribution in [2.45, 2.75) is 45.4 Å². The summed E-state index contributed by atoms with van der Waals surface area (Å²) in [5, 5.41) is 3.39. The molecule has 34 heavy (non-hydrogen) atoms. The summed E-state index contributed by atoms with van der Waals surface area (Å²) < 4.78 is 49.6. The zero-order chi connectivity index (χ0) is 24.0. The first-order valence-corrected chi connectivity index (χ1v) is 11.4. The monoisotopic (exact) mass is 472 g/mol. The Morgan fingerprint density at radius 1 is 1.21 bits per heavy atom. The number of likely N-dealkylation sites (tertiary alicyclic amines) is 1. The third kappa shape index (κ3) is 4.11. The molecule has 4 aliphatic heterocycles. The summed E-state index contributed by atoms with van der Waals surface area (Å²) in [4.78, 5) is 16.0. The standard InChI is InChI=1S/C24H27F3N6O/c1-13(16-5-4-6-17(20(16)25)21(26)27)29-22-18-11-19(34-15-7-9-32(3)12-15)24-28-8-10-33(24)23(18)31-14(2)30-22/h4-6,11,13,15,21,28H,7-10,12H2,1-3H3/t13?,15-/m0/s1. The molecule has 4 heterocycles. The van der Waals surface area contributed by atoms with E-state index in [9.17, 15) is 13.2 Å². The normalized spacial score (nSPS) is 19.6. The molecule has 5 rings (SSSR count). The Bertz CT molecular complexity index is 1260. The summed E-state index contributed by atoms with van der Waals surface area (Å²) in [5.74, 6) is 1.87. The highest BCUT2D eigenvalue weighted by Crippen LogP contribution is 2.36. The summed E-state index contributed by atoms with van der Waals surface area (Å²) in [7, 11) is 2.07. The molecular formula is C24H27F3N6O. The van der Waals surface area contributed by atoms with Crippen molar-refractivity contribution in [2.24, 2.45) is 4.99 Å². The van der Waals surface area contributed by atoms with Gasteiger partial charge in [0.15, 0.2) is 17.1 Å². The second-order valence-electron chi connectivity index (χ2n) is 8.91. The van der Waals surface area contributed by atoms with Crippen LogP contribution in [0.2, 0.25) is 0 Å². The molecule has 0 aliphatic carbocycles. The number of alkyl halides is 2. The fourth-order valence-corrected chi connectivity index (χ4v) is 4.68. The molecule has 0 aromatic heterocycles. The minimum absolute atomic E-state index is 0.0754. The van der Waals surface area contributed by atoms with Crippen LogP contribution < -0.4 is 15.5 Å². The van der Waals surface area contributed by atoms with E-state index in [1.54, 1.807) is 13.8 Å². The number of ether oxygens (including phenoxy) is 1. The van der Waals surface area contributed by atoms with Gasteiger partial charge in [-0.3, -0.25) is 4.99 Å². The van der Waals surface area contributed by atoms with Gasteiger partial charge in [-0.25, -0.2) is 23.1 Å². The topological polar surface area (TPSA) is 67.6 Å². The van der Waals surface area contributed by atoms with E-state index in [2.05, 4.69) is 36.8 Å². The lowest BCUT2D eigenvalue weighted by molar-refractivity contribution is 0.146. The van der Waals surface area contributed by atoms with Crippen LogP contribution in [-0.2, 0) is 6.54 Å². The zero-order valence-electron chi connectivity index (χ0n) is 19.4. The molecule has 2 atom stereocenters. The maximum atomic E-state index is 14.8. The van der Waals surface area contributed by atoms with Crippen LogP contribution in [0.25, 0.3) is 11.4 Å². The van der Waals surface area contributed by atoms with E-state index >= 15 is 0 Å². The molecule has 0 amide bonds. The second kappa shape index (κ2) is 8.90. The highest BCUT2D eigenvalue weighted by atomic mass is 19.3. The van der Waals surface area contributed by atoms with Crippen molar-refractivity contribution in [3.63, 3.8) is 0 Å². The number of anilines is 1. The van der Waals surface area contributed by atoms with Gasteiger partial charge in [-0.05, 0) is 33.4 Å². The highest BCUT2D eigenvalue weighted by molar-refractivity contribution is 5.68. The van der Waals surface area contributed by atoms with Crippen molar-refractivity contribution >= 4 is 5.82 Å². The molecule has 1 aromatic carbocycles. The van der Waals surface area contributed by atoms with E-state index in [1.807, 2.05) is 6.07 Å². The average Bonchev–Trinajstić information content (AvgIpc) is 3.43. The number of pyridine rings is 1. The minimum Gasteiger partial charge on any atom is -0.485 e. The minimum atomic E-state index is -2.89. The van der Waals surface area contributed by atoms with Crippen molar-refractivity contribution < 1.29 is 17.9 Å². The number of halogens is 3. The van der Waals surface area contributed by atoms with E-state index in [1.165, 1.54) is 12.1 Å². The first-order chi connectivity index (χ1) is 16.3. The predicted molar refractivity (Wildman–Crippen MR) is 122 cm³/mol. The van der Waals surface area contributed by atoms with Gasteiger partial charge >= 0.3 is 0 Å². The number of benzene rings is 1. The number of nitrogens with zero attached hydrogens (tertiary/aromatic N) is 5. The Balaban J connectivity index is 1.62. The summed E-state index contributed by atoms with van der Waals surface area (Å²) in [6, 6.07) is 5.16. The maximum Gasteiger partial charge on any atom is 0.266 e. The van der Waals surface area contributed by atoms with Gasteiger partial charge in [-0.2, -0.15) is 0 Å². The predicted octanol–water partition coefficient (Wildman–Crippen LogP) is 3.94. The first kappa shape index (κ1) is 22.6. The fraction of sp³-hybridized carbons (Fsp3) is 0.458. The van der Waals surface area contributed by atoms with E-state index in [-0.39, 0.29) is 11.7 Å². The molecule has 180 valence electrons. The van der Waals surface area contributed by atoms with Gasteiger partial charge in [0.05, 0.1) is 17.2 Å². The lowest BCUT2D eigenvalue weighted by atomic mass is 10.0. The molecule has 0 spiro atoms. The Labute approximate surface area is 195 Å². The third-order valence-corrected chi connectivity index (χ3v) is 6.38. The highest BCUT2D eigenvalue weighted by Gasteiger charge is 2.28. The number of rotatable bonds is 5. The SMILES string of the molecule is Cc1nc2n3c(c(O[C@H]4CCN(C)C4)cc-2c(=NC(C)c2cccc(C(F)F)c2F)n1)NCC3. The molecule has 0 saturated carbocycles. The van der Waals surface area contributed by atoms with Gasteiger partial charge in [-0.15, -0.1) is 0 Å². The van der Waals surface area contributed by atoms with Crippen LogP contribution in [0.1, 0.15) is 42.8 Å². The van der Waals surface area contributed by atoms with Gasteiger partial charge in [0.2, 0.25) is 0 Å². The van der Waals surface area contributed by atoms with Gasteiger partial charge in [0, 0.05) is 31.7 Å². The Kier molecular flexibility index (Phi) is 5.93. The molecule has 1 fully saturated rings. The van der Waals surface area contributed by atoms with Crippen LogP contribution in [0, 0.1) is 12.7 Å². The lowest BCUT2D eigenvalue weighted by Crippen LogP contribution is -2.24. The summed E-state index contributed by atoms with van der Waals surface area (Å²) in [5.41, 5.74) is 0.534. The zero-order valence-corrected chi connectivity index (χ0v) is 19.4. The van der Waals surface area contributed by atoms with E-state index in [4.69, 9.17) is 4.74 Å². The van der Waals surface area contributed by atoms with Crippen LogP contribution in [0.5, 0.6) is 5.75 Å². The second-order valence-corrected chi connectivity index (χ2v) is 8.91. The molecular weight excluding hydrogens is 445 g/mol. The Morgan fingerprint density at radius 2 is 2.00 bits per heavy atom. The number of aromatic nitrogens is 3. The van der Waals surface area contributed by atoms with E-state index in [0.29, 0.717) is 35.0 Å². The van der Waals surface area contributed by atoms with E-state index in [0.717, 1.165) is 37.9 Å². The van der Waals surface area contributed by atoms with Gasteiger partial charge in [0.25, 0.3) is 6.43 Å². The average molecular weight is 473 g/mol. The third-order valence-electron chi connectivity index (χ3n) is 6.38. The lowest BCUT2D eigenvalue weighted by Gasteiger charge is -2.21. The number of fused-ring (bicyclic) bond motifs is 3. The van der Waals surface area contributed by atoms with Crippen molar-refractivity contribution in [1.82, 2.24) is 19.4 Å². The smallest absolute Gasteiger partial charge is 0.266 e. The summed E-state index contributed by atoms with van der Waals surface area (Å²) >= 11 is 0. The van der Waals surface area contributed by atoms with Gasteiger partial charge in [0.1, 0.15) is 23.6 Å². The molecule has 1 unspecified atom stereocenters. The van der Waals surface area contributed by atoms with Crippen LogP contribution >= 0.6 is 0 Å². The molecule has 10 heteroatoms. The Hall–Kier alpha value is -3.14. The van der Waals surface area contributed by atoms with Crippen LogP contribution in [0.15, 0.2) is 29.3 Å². The van der Waals surface area contributed by atoms with Gasteiger partial charge < -0.3 is 19.5 Å². The number of nitrogens with one attached hydrogen (secondary N) is 1. The molecule has 1 N–H and O–H groups in total. The van der Waals surface area contributed by atoms with E-state index < -0.39 is 23.8 Å². The molecule has 4 aliphatic rings. The summed E-state index contributed by atoms with van der Waals surface area (Å²) in [6.45, 7) is 6.72. The molecule has 0 bridgehead atoms. The van der Waals surface area contributed by atoms with Crippen LogP contribution in [-0.4, -0.2) is 52.2 Å². The molecule has 1 saturated heterocycles. The number of likely N-dealkylation sites (N-methyl/N-ethyl adjacent to an activating group) is 1. The number of hydrogen-bond acceptors (Lipinski definition) is 6.